The molecule has 2 rings (SSSR count). The molecular formula is C14H28N2S. The van der Waals surface area contributed by atoms with Crippen LogP contribution in [-0.2, 0) is 0 Å². The molecule has 1 heterocycles. The van der Waals surface area contributed by atoms with Crippen molar-refractivity contribution < 1.29 is 0 Å². The number of hydrogen-bond donors (Lipinski definition) is 1. The predicted octanol–water partition coefficient (Wildman–Crippen LogP) is 2.74. The minimum Gasteiger partial charge on any atom is -0.311 e. The molecule has 2 fully saturated rings. The second kappa shape index (κ2) is 6.44. The third-order valence-corrected chi connectivity index (χ3v) is 5.95. The largest absolute Gasteiger partial charge is 0.311 e. The smallest absolute Gasteiger partial charge is 0.0284 e. The van der Waals surface area contributed by atoms with Crippen molar-refractivity contribution in [1.29, 1.82) is 0 Å². The van der Waals surface area contributed by atoms with Crippen molar-refractivity contribution in [2.24, 2.45) is 0 Å². The SMILES string of the molecule is CCC1CN(CC2(SC)CCCCC2)CCN1. The summed E-state index contributed by atoms with van der Waals surface area (Å²) < 4.78 is 0.577. The van der Waals surface area contributed by atoms with Gasteiger partial charge in [0.2, 0.25) is 0 Å². The molecule has 0 amide bonds. The monoisotopic (exact) mass is 256 g/mol. The van der Waals surface area contributed by atoms with Crippen molar-refractivity contribution >= 4 is 11.8 Å². The Morgan fingerprint density at radius 2 is 2.06 bits per heavy atom. The van der Waals surface area contributed by atoms with Gasteiger partial charge in [0, 0.05) is 37.0 Å². The average molecular weight is 256 g/mol. The maximum atomic E-state index is 3.62. The topological polar surface area (TPSA) is 15.3 Å². The quantitative estimate of drug-likeness (QED) is 0.832. The zero-order valence-electron chi connectivity index (χ0n) is 11.5. The molecule has 1 aliphatic carbocycles. The van der Waals surface area contributed by atoms with Gasteiger partial charge in [-0.3, -0.25) is 4.90 Å². The molecule has 0 spiro atoms. The molecule has 0 aromatic carbocycles. The number of hydrogen-bond acceptors (Lipinski definition) is 3. The van der Waals surface area contributed by atoms with Crippen LogP contribution < -0.4 is 5.32 Å². The van der Waals surface area contributed by atoms with Gasteiger partial charge in [-0.2, -0.15) is 11.8 Å². The molecule has 1 N–H and O–H groups in total. The first-order valence-electron chi connectivity index (χ1n) is 7.29. The van der Waals surface area contributed by atoms with Gasteiger partial charge < -0.3 is 5.32 Å². The normalized spacial score (nSPS) is 30.4. The Balaban J connectivity index is 1.88. The van der Waals surface area contributed by atoms with Gasteiger partial charge in [-0.25, -0.2) is 0 Å². The Morgan fingerprint density at radius 3 is 2.71 bits per heavy atom. The molecule has 3 heteroatoms. The summed E-state index contributed by atoms with van der Waals surface area (Å²) in [6.07, 6.45) is 10.8. The van der Waals surface area contributed by atoms with E-state index in [1.807, 2.05) is 0 Å². The fourth-order valence-corrected chi connectivity index (χ4v) is 4.35. The van der Waals surface area contributed by atoms with Crippen LogP contribution in [0.3, 0.4) is 0 Å². The molecule has 0 radical (unpaired) electrons. The lowest BCUT2D eigenvalue weighted by atomic mass is 9.87. The first-order chi connectivity index (χ1) is 8.28. The molecule has 1 unspecified atom stereocenters. The molecule has 0 aromatic rings. The molecular weight excluding hydrogens is 228 g/mol. The Hall–Kier alpha value is 0.270. The second-order valence-electron chi connectivity index (χ2n) is 5.74. The molecule has 1 atom stereocenters. The number of nitrogens with one attached hydrogen (secondary N) is 1. The molecule has 1 aliphatic heterocycles. The number of nitrogens with zero attached hydrogens (tertiary/aromatic N) is 1. The van der Waals surface area contributed by atoms with Crippen molar-refractivity contribution in [3.8, 4) is 0 Å². The molecule has 2 nitrogen and oxygen atoms in total. The van der Waals surface area contributed by atoms with E-state index in [4.69, 9.17) is 0 Å². The summed E-state index contributed by atoms with van der Waals surface area (Å²) in [7, 11) is 0. The minimum atomic E-state index is 0.577. The van der Waals surface area contributed by atoms with Crippen molar-refractivity contribution in [2.45, 2.75) is 56.2 Å². The molecule has 0 bridgehead atoms. The Labute approximate surface area is 111 Å². The molecule has 0 aromatic heterocycles. The van der Waals surface area contributed by atoms with Gasteiger partial charge in [-0.05, 0) is 25.5 Å². The van der Waals surface area contributed by atoms with Gasteiger partial charge in [0.25, 0.3) is 0 Å². The van der Waals surface area contributed by atoms with Crippen LogP contribution in [-0.4, -0.2) is 48.1 Å². The van der Waals surface area contributed by atoms with Gasteiger partial charge in [0.05, 0.1) is 0 Å². The lowest BCUT2D eigenvalue weighted by Crippen LogP contribution is -2.54. The summed E-state index contributed by atoms with van der Waals surface area (Å²) in [5.74, 6) is 0. The van der Waals surface area contributed by atoms with Crippen LogP contribution in [0.15, 0.2) is 0 Å². The van der Waals surface area contributed by atoms with Gasteiger partial charge in [0.1, 0.15) is 0 Å². The first kappa shape index (κ1) is 13.7. The van der Waals surface area contributed by atoms with Crippen molar-refractivity contribution in [2.75, 3.05) is 32.4 Å². The molecule has 17 heavy (non-hydrogen) atoms. The Bertz CT molecular complexity index is 226. The van der Waals surface area contributed by atoms with Crippen molar-refractivity contribution in [3.63, 3.8) is 0 Å². The highest BCUT2D eigenvalue weighted by molar-refractivity contribution is 8.00. The fraction of sp³-hybridized carbons (Fsp3) is 1.00. The van der Waals surface area contributed by atoms with E-state index in [0.717, 1.165) is 6.04 Å². The molecule has 2 aliphatic rings. The van der Waals surface area contributed by atoms with Crippen LogP contribution in [0.2, 0.25) is 0 Å². The van der Waals surface area contributed by atoms with E-state index in [1.165, 1.54) is 64.7 Å². The standard InChI is InChI=1S/C14H28N2S/c1-3-13-11-16(10-9-15-13)12-14(17-2)7-5-4-6-8-14/h13,15H,3-12H2,1-2H3. The van der Waals surface area contributed by atoms with E-state index in [2.05, 4.69) is 35.2 Å². The van der Waals surface area contributed by atoms with Gasteiger partial charge in [-0.1, -0.05) is 26.2 Å². The molecule has 1 saturated heterocycles. The van der Waals surface area contributed by atoms with E-state index in [-0.39, 0.29) is 0 Å². The van der Waals surface area contributed by atoms with Crippen LogP contribution in [0.5, 0.6) is 0 Å². The fourth-order valence-electron chi connectivity index (χ4n) is 3.34. The summed E-state index contributed by atoms with van der Waals surface area (Å²) in [6.45, 7) is 7.32. The van der Waals surface area contributed by atoms with E-state index in [0.29, 0.717) is 4.75 Å². The van der Waals surface area contributed by atoms with Crippen LogP contribution in [0.4, 0.5) is 0 Å². The zero-order chi connectivity index (χ0) is 12.1. The second-order valence-corrected chi connectivity index (χ2v) is 7.02. The number of thioether (sulfide) groups is 1. The van der Waals surface area contributed by atoms with Gasteiger partial charge in [-0.15, -0.1) is 0 Å². The average Bonchev–Trinajstić information content (AvgIpc) is 2.40. The first-order valence-corrected chi connectivity index (χ1v) is 8.51. The third-order valence-electron chi connectivity index (χ3n) is 4.54. The summed E-state index contributed by atoms with van der Waals surface area (Å²) in [5.41, 5.74) is 0. The van der Waals surface area contributed by atoms with E-state index >= 15 is 0 Å². The zero-order valence-corrected chi connectivity index (χ0v) is 12.3. The lowest BCUT2D eigenvalue weighted by molar-refractivity contribution is 0.167. The lowest BCUT2D eigenvalue weighted by Gasteiger charge is -2.43. The molecule has 1 saturated carbocycles. The van der Waals surface area contributed by atoms with Gasteiger partial charge >= 0.3 is 0 Å². The van der Waals surface area contributed by atoms with Crippen LogP contribution >= 0.6 is 11.8 Å². The maximum absolute atomic E-state index is 3.62. The Kier molecular flexibility index (Phi) is 5.19. The van der Waals surface area contributed by atoms with Crippen LogP contribution in [0, 0.1) is 0 Å². The number of rotatable bonds is 4. The predicted molar refractivity (Wildman–Crippen MR) is 77.9 cm³/mol. The maximum Gasteiger partial charge on any atom is 0.0284 e. The minimum absolute atomic E-state index is 0.577. The van der Waals surface area contributed by atoms with Gasteiger partial charge in [0.15, 0.2) is 0 Å². The molecule has 100 valence electrons. The van der Waals surface area contributed by atoms with Crippen molar-refractivity contribution in [3.05, 3.63) is 0 Å². The highest BCUT2D eigenvalue weighted by Crippen LogP contribution is 2.39. The summed E-state index contributed by atoms with van der Waals surface area (Å²) in [4.78, 5) is 2.71. The summed E-state index contributed by atoms with van der Waals surface area (Å²) >= 11 is 2.13. The summed E-state index contributed by atoms with van der Waals surface area (Å²) in [6, 6.07) is 0.728. The highest BCUT2D eigenvalue weighted by atomic mass is 32.2. The Morgan fingerprint density at radius 1 is 1.29 bits per heavy atom. The summed E-state index contributed by atoms with van der Waals surface area (Å²) in [5, 5.41) is 3.62. The van der Waals surface area contributed by atoms with E-state index in [1.54, 1.807) is 0 Å². The van der Waals surface area contributed by atoms with Crippen LogP contribution in [0.25, 0.3) is 0 Å². The van der Waals surface area contributed by atoms with E-state index < -0.39 is 0 Å². The number of piperazine rings is 1. The van der Waals surface area contributed by atoms with Crippen LogP contribution in [0.1, 0.15) is 45.4 Å². The third kappa shape index (κ3) is 3.62. The highest BCUT2D eigenvalue weighted by Gasteiger charge is 2.34. The van der Waals surface area contributed by atoms with E-state index in [9.17, 15) is 0 Å². The van der Waals surface area contributed by atoms with Crippen molar-refractivity contribution in [1.82, 2.24) is 10.2 Å².